The Balaban J connectivity index is 1.61. The largest absolute Gasteiger partial charge is 0.508 e. The molecule has 0 radical (unpaired) electrons. The van der Waals surface area contributed by atoms with Crippen LogP contribution in [0, 0.1) is 131 Å². The van der Waals surface area contributed by atoms with Gasteiger partial charge in [0.1, 0.15) is 22.5 Å². The molecule has 0 aliphatic rings. The number of phenolic OH excluding ortho intramolecular Hbond substituents is 1. The first kappa shape index (κ1) is 31.2. The van der Waals surface area contributed by atoms with Gasteiger partial charge in [0.25, 0.3) is 0 Å². The molecule has 0 saturated heterocycles. The second-order valence-electron chi connectivity index (χ2n) is 7.83. The van der Waals surface area contributed by atoms with Gasteiger partial charge in [0.15, 0.2) is 0 Å². The maximum atomic E-state index is 10.4. The molecule has 0 fully saturated rings. The van der Waals surface area contributed by atoms with Gasteiger partial charge in [-0.2, -0.15) is 0 Å². The molecule has 0 atom stereocenters. The maximum absolute atomic E-state index is 10.4. The average molecular weight is 575 g/mol. The number of halogens is 1. The topological polar surface area (TPSA) is 29.5 Å². The molecule has 0 amide bonds. The Bertz CT molecular complexity index is 2190. The van der Waals surface area contributed by atoms with E-state index in [1.807, 2.05) is 60.7 Å². The van der Waals surface area contributed by atoms with Crippen molar-refractivity contribution in [3.05, 3.63) is 95.6 Å². The summed E-state index contributed by atoms with van der Waals surface area (Å²) < 4.78 is 5.51. The normalized spacial score (nSPS) is 7.73. The summed E-state index contributed by atoms with van der Waals surface area (Å²) in [4.78, 5) is -1.07. The predicted octanol–water partition coefficient (Wildman–Crippen LogP) is 4.93. The van der Waals surface area contributed by atoms with E-state index in [-0.39, 0.29) is 5.75 Å². The van der Waals surface area contributed by atoms with Crippen molar-refractivity contribution in [2.75, 3.05) is 0 Å². The molecule has 3 aromatic carbocycles. The summed E-state index contributed by atoms with van der Waals surface area (Å²) >= 11 is 7.30. The minimum absolute atomic E-state index is 0.0204. The molecule has 3 aromatic rings. The predicted molar refractivity (Wildman–Crippen MR) is 174 cm³/mol. The van der Waals surface area contributed by atoms with Gasteiger partial charge in [-0.05, 0) is 76.2 Å². The molecule has 2 nitrogen and oxygen atoms in total. The van der Waals surface area contributed by atoms with E-state index in [2.05, 4.69) is 125 Å². The first-order chi connectivity index (χ1) is 21.6. The van der Waals surface area contributed by atoms with Gasteiger partial charge in [0.05, 0.1) is 0 Å². The van der Waals surface area contributed by atoms with Crippen LogP contribution in [0.25, 0.3) is 0 Å². The molecule has 0 heterocycles. The Kier molecular flexibility index (Phi) is 12.9. The zero-order valence-corrected chi connectivity index (χ0v) is 23.6. The smallest absolute Gasteiger partial charge is 0.144 e. The number of hydrogen-bond acceptors (Lipinski definition) is 2. The first-order valence-corrected chi connectivity index (χ1v) is 12.8. The van der Waals surface area contributed by atoms with E-state index in [1.54, 1.807) is 12.1 Å². The van der Waals surface area contributed by atoms with Crippen LogP contribution in [0.2, 0.25) is 0 Å². The van der Waals surface area contributed by atoms with Crippen molar-refractivity contribution in [3.8, 4) is 142 Å². The third kappa shape index (κ3) is 10.4. The van der Waals surface area contributed by atoms with Gasteiger partial charge in [-0.3, -0.25) is 0 Å². The second kappa shape index (κ2) is 18.1. The highest BCUT2D eigenvalue weighted by Gasteiger charge is 2.34. The van der Waals surface area contributed by atoms with Gasteiger partial charge < -0.3 is 9.84 Å². The van der Waals surface area contributed by atoms with Crippen LogP contribution in [0.15, 0.2) is 78.9 Å². The standard InChI is InChI=1S/C41H15ClO2/c1-2-3-4-5-6-7-8-9-10-11-12-13-14-15-16-17-18-19-20-27-32-44-40-34-38(33-39(43)35-40)41(42,36-28-23-21-24-29-36)37-30-25-22-26-31-37/h1,21-26,28-31,33-35,43H. The highest BCUT2D eigenvalue weighted by atomic mass is 35.5. The Morgan fingerprint density at radius 3 is 1.30 bits per heavy atom. The van der Waals surface area contributed by atoms with Crippen LogP contribution in [0.1, 0.15) is 16.7 Å². The lowest BCUT2D eigenvalue weighted by Crippen LogP contribution is -2.22. The number of alkyl halides is 1. The van der Waals surface area contributed by atoms with Crippen molar-refractivity contribution >= 4 is 11.6 Å². The number of terminal acetylenes is 1. The van der Waals surface area contributed by atoms with Crippen molar-refractivity contribution in [2.45, 2.75) is 4.87 Å². The summed E-state index contributed by atoms with van der Waals surface area (Å²) in [6.07, 6.45) is 7.44. The van der Waals surface area contributed by atoms with Crippen LogP contribution >= 0.6 is 11.6 Å². The van der Waals surface area contributed by atoms with E-state index in [0.717, 1.165) is 11.1 Å². The van der Waals surface area contributed by atoms with Crippen LogP contribution in [0.5, 0.6) is 11.5 Å². The Labute approximate surface area is 263 Å². The van der Waals surface area contributed by atoms with Crippen molar-refractivity contribution in [3.63, 3.8) is 0 Å². The third-order valence-corrected chi connectivity index (χ3v) is 5.70. The zero-order chi connectivity index (χ0) is 31.1. The third-order valence-electron chi connectivity index (χ3n) is 5.05. The summed E-state index contributed by atoms with van der Waals surface area (Å²) in [6, 6.07) is 24.0. The van der Waals surface area contributed by atoms with Crippen LogP contribution in [-0.4, -0.2) is 5.11 Å². The Hall–Kier alpha value is -7.29. The lowest BCUT2D eigenvalue weighted by Gasteiger charge is -2.29. The summed E-state index contributed by atoms with van der Waals surface area (Å²) in [5.74, 6) is 49.8. The van der Waals surface area contributed by atoms with Gasteiger partial charge in [0.2, 0.25) is 0 Å². The van der Waals surface area contributed by atoms with Crippen molar-refractivity contribution in [2.24, 2.45) is 0 Å². The molecule has 3 rings (SSSR count). The molecular weight excluding hydrogens is 560 g/mol. The van der Waals surface area contributed by atoms with Crippen molar-refractivity contribution in [1.29, 1.82) is 0 Å². The Morgan fingerprint density at radius 2 is 0.886 bits per heavy atom. The molecule has 0 bridgehead atoms. The highest BCUT2D eigenvalue weighted by molar-refractivity contribution is 6.28. The van der Waals surface area contributed by atoms with Gasteiger partial charge >= 0.3 is 0 Å². The summed E-state index contributed by atoms with van der Waals surface area (Å²) in [6.45, 7) is 0. The Morgan fingerprint density at radius 1 is 0.500 bits per heavy atom. The molecule has 44 heavy (non-hydrogen) atoms. The minimum atomic E-state index is -1.07. The number of ether oxygens (including phenoxy) is 1. The lowest BCUT2D eigenvalue weighted by molar-refractivity contribution is 0.463. The van der Waals surface area contributed by atoms with Crippen LogP contribution in [0.4, 0.5) is 0 Å². The fourth-order valence-corrected chi connectivity index (χ4v) is 3.72. The molecule has 0 aliphatic carbocycles. The fourth-order valence-electron chi connectivity index (χ4n) is 3.35. The van der Waals surface area contributed by atoms with E-state index in [0.29, 0.717) is 11.3 Å². The number of phenols is 1. The zero-order valence-electron chi connectivity index (χ0n) is 22.8. The molecule has 1 N–H and O–H groups in total. The molecular formula is C41H15ClO2. The summed E-state index contributed by atoms with van der Waals surface area (Å²) in [5.41, 5.74) is 2.29. The summed E-state index contributed by atoms with van der Waals surface area (Å²) in [5, 5.41) is 10.4. The van der Waals surface area contributed by atoms with Gasteiger partial charge in [0, 0.05) is 77.1 Å². The number of rotatable bonds is 4. The van der Waals surface area contributed by atoms with Gasteiger partial charge in [-0.1, -0.05) is 60.7 Å². The van der Waals surface area contributed by atoms with E-state index >= 15 is 0 Å². The number of aromatic hydroxyl groups is 1. The molecule has 0 unspecified atom stereocenters. The van der Waals surface area contributed by atoms with Crippen LogP contribution < -0.4 is 4.74 Å². The van der Waals surface area contributed by atoms with Crippen LogP contribution in [-0.2, 0) is 4.87 Å². The molecule has 0 saturated carbocycles. The first-order valence-electron chi connectivity index (χ1n) is 12.4. The SMILES string of the molecule is C#CC#CC#CC#CC#CC#CC#CC#CC#CC#CC#COc1cc(O)cc(C(Cl)(c2ccccc2)c2ccccc2)c1. The van der Waals surface area contributed by atoms with Crippen molar-refractivity contribution < 1.29 is 9.84 Å². The fraction of sp³-hybridized carbons (Fsp3) is 0.0244. The molecule has 0 aromatic heterocycles. The molecule has 198 valence electrons. The molecule has 3 heteroatoms. The summed E-state index contributed by atoms with van der Waals surface area (Å²) in [7, 11) is 0. The van der Waals surface area contributed by atoms with E-state index in [9.17, 15) is 5.11 Å². The average Bonchev–Trinajstić information content (AvgIpc) is 3.05. The molecule has 0 aliphatic heterocycles. The van der Waals surface area contributed by atoms with E-state index < -0.39 is 4.87 Å². The van der Waals surface area contributed by atoms with Gasteiger partial charge in [-0.15, -0.1) is 18.0 Å². The quantitative estimate of drug-likeness (QED) is 0.272. The maximum Gasteiger partial charge on any atom is 0.144 e. The van der Waals surface area contributed by atoms with E-state index in [4.69, 9.17) is 22.8 Å². The lowest BCUT2D eigenvalue weighted by atomic mass is 9.84. The van der Waals surface area contributed by atoms with Gasteiger partial charge in [-0.25, -0.2) is 0 Å². The van der Waals surface area contributed by atoms with E-state index in [1.165, 1.54) is 6.07 Å². The molecule has 0 spiro atoms. The highest BCUT2D eigenvalue weighted by Crippen LogP contribution is 2.45. The second-order valence-corrected chi connectivity index (χ2v) is 8.40. The van der Waals surface area contributed by atoms with Crippen LogP contribution in [0.3, 0.4) is 0 Å². The number of benzene rings is 3. The minimum Gasteiger partial charge on any atom is -0.508 e. The van der Waals surface area contributed by atoms with Crippen molar-refractivity contribution in [1.82, 2.24) is 0 Å². The monoisotopic (exact) mass is 574 g/mol. The number of hydrogen-bond donors (Lipinski definition) is 1.